The van der Waals surface area contributed by atoms with E-state index in [9.17, 15) is 4.79 Å². The molecule has 3 atom stereocenters. The van der Waals surface area contributed by atoms with Gasteiger partial charge in [0.25, 0.3) is 0 Å². The van der Waals surface area contributed by atoms with Crippen LogP contribution in [0.3, 0.4) is 0 Å². The number of hydrogen-bond acceptors (Lipinski definition) is 3. The van der Waals surface area contributed by atoms with E-state index in [-0.39, 0.29) is 12.6 Å². The van der Waals surface area contributed by atoms with Crippen LogP contribution >= 0.6 is 0 Å². The maximum Gasteiger partial charge on any atom is 0.344 e. The molecule has 0 bridgehead atoms. The Bertz CT molecular complexity index is 570. The third-order valence-electron chi connectivity index (χ3n) is 5.81. The minimum atomic E-state index is -0.257. The van der Waals surface area contributed by atoms with Crippen molar-refractivity contribution >= 4 is 5.97 Å². The molecule has 0 amide bonds. The number of piperidine rings is 2. The lowest BCUT2D eigenvalue weighted by Crippen LogP contribution is -2.61. The first kappa shape index (κ1) is 17.3. The molecule has 2 aliphatic rings. The van der Waals surface area contributed by atoms with Crippen molar-refractivity contribution in [3.8, 4) is 5.75 Å². The van der Waals surface area contributed by atoms with Gasteiger partial charge in [0.05, 0.1) is 32.8 Å². The Balaban J connectivity index is 1.47. The molecule has 1 aromatic rings. The van der Waals surface area contributed by atoms with Gasteiger partial charge in [0.2, 0.25) is 0 Å². The van der Waals surface area contributed by atoms with Gasteiger partial charge in [0.1, 0.15) is 5.75 Å². The van der Waals surface area contributed by atoms with Gasteiger partial charge in [-0.3, -0.25) is 0 Å². The molecular weight excluding hydrogens is 302 g/mol. The molecule has 2 fully saturated rings. The Morgan fingerprint density at radius 3 is 2.88 bits per heavy atom. The Morgan fingerprint density at radius 1 is 1.21 bits per heavy atom. The van der Waals surface area contributed by atoms with E-state index in [4.69, 9.17) is 9.47 Å². The van der Waals surface area contributed by atoms with Gasteiger partial charge in [-0.2, -0.15) is 0 Å². The van der Waals surface area contributed by atoms with Crippen LogP contribution in [0, 0.1) is 12.8 Å². The zero-order chi connectivity index (χ0) is 17.0. The van der Waals surface area contributed by atoms with E-state index < -0.39 is 0 Å². The van der Waals surface area contributed by atoms with E-state index in [1.165, 1.54) is 49.7 Å². The van der Waals surface area contributed by atoms with E-state index >= 15 is 0 Å². The fraction of sp³-hybridized carbons (Fsp3) is 0.650. The van der Waals surface area contributed by atoms with Crippen LogP contribution in [0.2, 0.25) is 0 Å². The number of nitrogens with zero attached hydrogens (tertiary/aromatic N) is 1. The first-order valence-corrected chi connectivity index (χ1v) is 9.26. The third-order valence-corrected chi connectivity index (χ3v) is 5.81. The number of fused-ring (bicyclic) bond motifs is 1. The molecule has 4 heteroatoms. The zero-order valence-electron chi connectivity index (χ0n) is 15.0. The molecule has 4 nitrogen and oxygen atoms in total. The lowest BCUT2D eigenvalue weighted by Gasteiger charge is -2.51. The standard InChI is InChI=1S/C20H30NO3/c1-16-7-5-9-18(13-16)23-15-20(22)24-14-17-8-6-12-21(2)11-4-3-10-19(17)21/h5,7,9,13,17,19H,3-4,6,8,10-12,14-15H2,1-2H3/q+1/t17-,19+,21?/m0/s1. The number of benzene rings is 1. The summed E-state index contributed by atoms with van der Waals surface area (Å²) in [5.74, 6) is 0.972. The van der Waals surface area contributed by atoms with Gasteiger partial charge in [0.15, 0.2) is 6.61 Å². The van der Waals surface area contributed by atoms with Crippen LogP contribution in [0.1, 0.15) is 37.7 Å². The molecule has 0 spiro atoms. The lowest BCUT2D eigenvalue weighted by molar-refractivity contribution is -0.947. The molecule has 0 saturated carbocycles. The van der Waals surface area contributed by atoms with Crippen LogP contribution in [0.5, 0.6) is 5.75 Å². The number of esters is 1. The Hall–Kier alpha value is -1.55. The molecule has 0 N–H and O–H groups in total. The van der Waals surface area contributed by atoms with E-state index in [1.807, 2.05) is 31.2 Å². The topological polar surface area (TPSA) is 35.5 Å². The molecule has 0 aromatic heterocycles. The van der Waals surface area contributed by atoms with Crippen LogP contribution in [0.4, 0.5) is 0 Å². The maximum atomic E-state index is 12.0. The van der Waals surface area contributed by atoms with Crippen molar-refractivity contribution in [1.29, 1.82) is 0 Å². The van der Waals surface area contributed by atoms with Crippen molar-refractivity contribution in [3.05, 3.63) is 29.8 Å². The SMILES string of the molecule is Cc1cccc(OCC(=O)OC[C@@H]2CCC[N+]3(C)CCCC[C@H]23)c1. The fourth-order valence-electron chi connectivity index (χ4n) is 4.52. The maximum absolute atomic E-state index is 12.0. The van der Waals surface area contributed by atoms with Gasteiger partial charge in [-0.25, -0.2) is 4.79 Å². The molecule has 2 saturated heterocycles. The van der Waals surface area contributed by atoms with Crippen molar-refractivity contribution in [3.63, 3.8) is 0 Å². The van der Waals surface area contributed by atoms with Gasteiger partial charge in [-0.15, -0.1) is 0 Å². The summed E-state index contributed by atoms with van der Waals surface area (Å²) in [6, 6.07) is 8.40. The van der Waals surface area contributed by atoms with Crippen molar-refractivity contribution in [2.45, 2.75) is 45.1 Å². The highest BCUT2D eigenvalue weighted by molar-refractivity contribution is 5.71. The number of carbonyl (C=O) groups is 1. The summed E-state index contributed by atoms with van der Waals surface area (Å²) in [7, 11) is 2.39. The van der Waals surface area contributed by atoms with Crippen LogP contribution in [-0.4, -0.2) is 49.8 Å². The Kier molecular flexibility index (Phi) is 5.44. The second-order valence-corrected chi connectivity index (χ2v) is 7.68. The summed E-state index contributed by atoms with van der Waals surface area (Å²) >= 11 is 0. The van der Waals surface area contributed by atoms with Gasteiger partial charge < -0.3 is 14.0 Å². The van der Waals surface area contributed by atoms with Gasteiger partial charge in [-0.05, 0) is 50.3 Å². The normalized spacial score (nSPS) is 29.6. The molecule has 0 radical (unpaired) electrons. The average molecular weight is 332 g/mol. The van der Waals surface area contributed by atoms with E-state index in [0.29, 0.717) is 18.6 Å². The highest BCUT2D eigenvalue weighted by Crippen LogP contribution is 2.36. The van der Waals surface area contributed by atoms with Crippen LogP contribution < -0.4 is 4.74 Å². The highest BCUT2D eigenvalue weighted by Gasteiger charge is 2.43. The number of hydrogen-bond donors (Lipinski definition) is 0. The van der Waals surface area contributed by atoms with Crippen molar-refractivity contribution < 1.29 is 18.8 Å². The summed E-state index contributed by atoms with van der Waals surface area (Å²) in [5.41, 5.74) is 1.12. The second kappa shape index (κ2) is 7.56. The fourth-order valence-corrected chi connectivity index (χ4v) is 4.52. The van der Waals surface area contributed by atoms with E-state index in [0.717, 1.165) is 11.3 Å². The number of carbonyl (C=O) groups excluding carboxylic acids is 1. The molecule has 2 heterocycles. The first-order valence-electron chi connectivity index (χ1n) is 9.26. The van der Waals surface area contributed by atoms with Crippen molar-refractivity contribution in [2.24, 2.45) is 5.92 Å². The van der Waals surface area contributed by atoms with Crippen molar-refractivity contribution in [2.75, 3.05) is 33.4 Å². The van der Waals surface area contributed by atoms with Gasteiger partial charge in [0, 0.05) is 12.3 Å². The molecule has 132 valence electrons. The highest BCUT2D eigenvalue weighted by atomic mass is 16.6. The molecule has 1 aromatic carbocycles. The Morgan fingerprint density at radius 2 is 2.04 bits per heavy atom. The van der Waals surface area contributed by atoms with E-state index in [2.05, 4.69) is 7.05 Å². The molecule has 24 heavy (non-hydrogen) atoms. The minimum Gasteiger partial charge on any atom is -0.482 e. The summed E-state index contributed by atoms with van der Waals surface area (Å²) < 4.78 is 12.3. The smallest absolute Gasteiger partial charge is 0.344 e. The van der Waals surface area contributed by atoms with Gasteiger partial charge in [-0.1, -0.05) is 12.1 Å². The largest absolute Gasteiger partial charge is 0.482 e. The summed E-state index contributed by atoms with van der Waals surface area (Å²) in [4.78, 5) is 12.0. The predicted octanol–water partition coefficient (Wildman–Crippen LogP) is 3.33. The average Bonchev–Trinajstić information content (AvgIpc) is 2.57. The molecule has 1 unspecified atom stereocenters. The quantitative estimate of drug-likeness (QED) is 0.613. The Labute approximate surface area is 145 Å². The molecule has 0 aliphatic carbocycles. The van der Waals surface area contributed by atoms with Crippen LogP contribution in [0.15, 0.2) is 24.3 Å². The first-order chi connectivity index (χ1) is 11.6. The predicted molar refractivity (Wildman–Crippen MR) is 93.9 cm³/mol. The second-order valence-electron chi connectivity index (χ2n) is 7.68. The summed E-state index contributed by atoms with van der Waals surface area (Å²) in [5, 5.41) is 0. The zero-order valence-corrected chi connectivity index (χ0v) is 15.0. The number of ether oxygens (including phenoxy) is 2. The summed E-state index contributed by atoms with van der Waals surface area (Å²) in [6.07, 6.45) is 6.36. The lowest BCUT2D eigenvalue weighted by atomic mass is 9.82. The molecule has 3 rings (SSSR count). The monoisotopic (exact) mass is 332 g/mol. The minimum absolute atomic E-state index is 0.00698. The molecule has 2 aliphatic heterocycles. The number of quaternary nitrogens is 1. The summed E-state index contributed by atoms with van der Waals surface area (Å²) in [6.45, 7) is 5.12. The third kappa shape index (κ3) is 4.10. The van der Waals surface area contributed by atoms with Crippen molar-refractivity contribution in [1.82, 2.24) is 0 Å². The van der Waals surface area contributed by atoms with E-state index in [1.54, 1.807) is 0 Å². The van der Waals surface area contributed by atoms with Crippen LogP contribution in [-0.2, 0) is 9.53 Å². The van der Waals surface area contributed by atoms with Crippen LogP contribution in [0.25, 0.3) is 0 Å². The van der Waals surface area contributed by atoms with Gasteiger partial charge >= 0.3 is 5.97 Å². The number of rotatable bonds is 5. The number of aryl methyl sites for hydroxylation is 1. The molecular formula is C20H30NO3+.